The Morgan fingerprint density at radius 2 is 2.06 bits per heavy atom. The van der Waals surface area contributed by atoms with Crippen LogP contribution in [0.15, 0.2) is 0 Å². The molecule has 1 rings (SSSR count). The zero-order chi connectivity index (χ0) is 12.0. The summed E-state index contributed by atoms with van der Waals surface area (Å²) in [6, 6.07) is 0.321. The summed E-state index contributed by atoms with van der Waals surface area (Å²) in [5.74, 6) is 0.508. The van der Waals surface area contributed by atoms with Gasteiger partial charge in [0.1, 0.15) is 0 Å². The van der Waals surface area contributed by atoms with Gasteiger partial charge in [0, 0.05) is 12.6 Å². The zero-order valence-corrected chi connectivity index (χ0v) is 10.4. The average Bonchev–Trinajstić information content (AvgIpc) is 2.85. The summed E-state index contributed by atoms with van der Waals surface area (Å²) in [7, 11) is 0. The molecule has 1 aliphatic heterocycles. The van der Waals surface area contributed by atoms with Crippen LogP contribution in [0.25, 0.3) is 0 Å². The molecular weight excluding hydrogens is 206 g/mol. The van der Waals surface area contributed by atoms with E-state index < -0.39 is 5.54 Å². The highest BCUT2D eigenvalue weighted by atomic mass is 16.5. The highest BCUT2D eigenvalue weighted by Gasteiger charge is 2.33. The van der Waals surface area contributed by atoms with Gasteiger partial charge in [-0.2, -0.15) is 0 Å². The van der Waals surface area contributed by atoms with Crippen molar-refractivity contribution >= 4 is 0 Å². The first-order valence-corrected chi connectivity index (χ1v) is 6.28. The third-order valence-corrected chi connectivity index (χ3v) is 3.75. The van der Waals surface area contributed by atoms with E-state index in [1.54, 1.807) is 0 Å². The van der Waals surface area contributed by atoms with Crippen molar-refractivity contribution in [2.75, 3.05) is 26.4 Å². The second-order valence-electron chi connectivity index (χ2n) is 4.73. The van der Waals surface area contributed by atoms with E-state index in [1.165, 1.54) is 0 Å². The lowest BCUT2D eigenvalue weighted by Crippen LogP contribution is -2.57. The number of ether oxygens (including phenoxy) is 1. The number of rotatable bonds is 7. The molecule has 96 valence electrons. The van der Waals surface area contributed by atoms with Gasteiger partial charge in [-0.05, 0) is 25.2 Å². The van der Waals surface area contributed by atoms with Gasteiger partial charge >= 0.3 is 0 Å². The van der Waals surface area contributed by atoms with Gasteiger partial charge in [0.05, 0.1) is 25.4 Å². The van der Waals surface area contributed by atoms with E-state index in [2.05, 4.69) is 12.2 Å². The minimum absolute atomic E-state index is 0.0237. The minimum atomic E-state index is -0.538. The Morgan fingerprint density at radius 1 is 1.38 bits per heavy atom. The molecule has 0 radical (unpaired) electrons. The van der Waals surface area contributed by atoms with Gasteiger partial charge in [-0.25, -0.2) is 0 Å². The number of hydrogen-bond acceptors (Lipinski definition) is 4. The molecule has 0 aromatic rings. The first-order chi connectivity index (χ1) is 7.71. The first kappa shape index (κ1) is 13.9. The second-order valence-corrected chi connectivity index (χ2v) is 4.73. The Hall–Kier alpha value is -0.160. The van der Waals surface area contributed by atoms with E-state index in [4.69, 9.17) is 4.74 Å². The Bertz CT molecular complexity index is 180. The molecule has 1 aliphatic rings. The minimum Gasteiger partial charge on any atom is -0.394 e. The van der Waals surface area contributed by atoms with Crippen LogP contribution in [0, 0.1) is 5.92 Å². The smallest absolute Gasteiger partial charge is 0.0647 e. The summed E-state index contributed by atoms with van der Waals surface area (Å²) < 4.78 is 5.39. The fourth-order valence-corrected chi connectivity index (χ4v) is 2.28. The second kappa shape index (κ2) is 6.55. The van der Waals surface area contributed by atoms with E-state index in [0.29, 0.717) is 12.0 Å². The van der Waals surface area contributed by atoms with Crippen molar-refractivity contribution in [2.45, 2.75) is 44.7 Å². The lowest BCUT2D eigenvalue weighted by atomic mass is 9.90. The molecule has 2 atom stereocenters. The zero-order valence-electron chi connectivity index (χ0n) is 10.4. The third kappa shape index (κ3) is 3.17. The summed E-state index contributed by atoms with van der Waals surface area (Å²) >= 11 is 0. The Morgan fingerprint density at radius 3 is 2.44 bits per heavy atom. The average molecular weight is 231 g/mol. The normalized spacial score (nSPS) is 23.6. The van der Waals surface area contributed by atoms with Crippen LogP contribution >= 0.6 is 0 Å². The molecule has 1 fully saturated rings. The highest BCUT2D eigenvalue weighted by molar-refractivity contribution is 4.91. The van der Waals surface area contributed by atoms with Crippen LogP contribution in [0.2, 0.25) is 0 Å². The topological polar surface area (TPSA) is 61.7 Å². The molecule has 4 nitrogen and oxygen atoms in total. The summed E-state index contributed by atoms with van der Waals surface area (Å²) in [5, 5.41) is 22.2. The van der Waals surface area contributed by atoms with Crippen LogP contribution in [0.3, 0.4) is 0 Å². The summed E-state index contributed by atoms with van der Waals surface area (Å²) in [4.78, 5) is 0. The molecule has 0 bridgehead atoms. The fourth-order valence-electron chi connectivity index (χ4n) is 2.28. The van der Waals surface area contributed by atoms with E-state index >= 15 is 0 Å². The molecule has 1 saturated heterocycles. The van der Waals surface area contributed by atoms with Crippen molar-refractivity contribution in [2.24, 2.45) is 5.92 Å². The summed E-state index contributed by atoms with van der Waals surface area (Å²) in [5.41, 5.74) is -0.538. The standard InChI is InChI=1S/C12H25NO3/c1-3-11(10-5-6-16-7-10)13-12(4-2,8-14)9-15/h10-11,13-15H,3-9H2,1-2H3. The number of hydrogen-bond donors (Lipinski definition) is 3. The monoisotopic (exact) mass is 231 g/mol. The maximum Gasteiger partial charge on any atom is 0.0647 e. The van der Waals surface area contributed by atoms with E-state index in [0.717, 1.165) is 32.5 Å². The van der Waals surface area contributed by atoms with Gasteiger partial charge in [-0.1, -0.05) is 13.8 Å². The molecule has 16 heavy (non-hydrogen) atoms. The summed E-state index contributed by atoms with van der Waals surface area (Å²) in [6.45, 7) is 5.69. The maximum absolute atomic E-state index is 9.41. The quantitative estimate of drug-likeness (QED) is 0.598. The van der Waals surface area contributed by atoms with Crippen LogP contribution in [0.4, 0.5) is 0 Å². The first-order valence-electron chi connectivity index (χ1n) is 6.28. The predicted molar refractivity (Wildman–Crippen MR) is 63.3 cm³/mol. The van der Waals surface area contributed by atoms with Crippen LogP contribution in [-0.4, -0.2) is 48.2 Å². The van der Waals surface area contributed by atoms with Gasteiger partial charge in [-0.15, -0.1) is 0 Å². The van der Waals surface area contributed by atoms with Gasteiger partial charge in [-0.3, -0.25) is 0 Å². The molecule has 1 heterocycles. The molecule has 0 spiro atoms. The van der Waals surface area contributed by atoms with Crippen molar-refractivity contribution in [1.29, 1.82) is 0 Å². The maximum atomic E-state index is 9.41. The number of aliphatic hydroxyl groups is 2. The Balaban J connectivity index is 2.58. The van der Waals surface area contributed by atoms with Crippen LogP contribution in [0.1, 0.15) is 33.1 Å². The van der Waals surface area contributed by atoms with Crippen molar-refractivity contribution in [3.63, 3.8) is 0 Å². The van der Waals surface area contributed by atoms with Gasteiger partial charge in [0.15, 0.2) is 0 Å². The highest BCUT2D eigenvalue weighted by Crippen LogP contribution is 2.22. The van der Waals surface area contributed by atoms with Crippen LogP contribution < -0.4 is 5.32 Å². The molecular formula is C12H25NO3. The molecule has 0 saturated carbocycles. The largest absolute Gasteiger partial charge is 0.394 e. The molecule has 0 aromatic heterocycles. The van der Waals surface area contributed by atoms with E-state index in [9.17, 15) is 10.2 Å². The molecule has 0 aromatic carbocycles. The molecule has 4 heteroatoms. The van der Waals surface area contributed by atoms with Crippen molar-refractivity contribution < 1.29 is 14.9 Å². The van der Waals surface area contributed by atoms with Crippen LogP contribution in [-0.2, 0) is 4.74 Å². The van der Waals surface area contributed by atoms with Crippen molar-refractivity contribution in [3.05, 3.63) is 0 Å². The predicted octanol–water partition coefficient (Wildman–Crippen LogP) is 0.524. The number of nitrogens with one attached hydrogen (secondary N) is 1. The molecule has 0 amide bonds. The van der Waals surface area contributed by atoms with Gasteiger partial charge < -0.3 is 20.3 Å². The van der Waals surface area contributed by atoms with Gasteiger partial charge in [0.2, 0.25) is 0 Å². The van der Waals surface area contributed by atoms with Crippen molar-refractivity contribution in [3.8, 4) is 0 Å². The fraction of sp³-hybridized carbons (Fsp3) is 1.00. The number of aliphatic hydroxyl groups excluding tert-OH is 2. The van der Waals surface area contributed by atoms with E-state index in [-0.39, 0.29) is 13.2 Å². The molecule has 3 N–H and O–H groups in total. The lowest BCUT2D eigenvalue weighted by molar-refractivity contribution is 0.0663. The van der Waals surface area contributed by atoms with Gasteiger partial charge in [0.25, 0.3) is 0 Å². The lowest BCUT2D eigenvalue weighted by Gasteiger charge is -2.36. The van der Waals surface area contributed by atoms with Crippen molar-refractivity contribution in [1.82, 2.24) is 5.32 Å². The Kier molecular flexibility index (Phi) is 5.69. The van der Waals surface area contributed by atoms with E-state index in [1.807, 2.05) is 6.92 Å². The SMILES string of the molecule is CCC(NC(CC)(CO)CO)C1CCOC1. The molecule has 0 aliphatic carbocycles. The van der Waals surface area contributed by atoms with Crippen LogP contribution in [0.5, 0.6) is 0 Å². The summed E-state index contributed by atoms with van der Waals surface area (Å²) in [6.07, 6.45) is 2.79. The molecule has 2 unspecified atom stereocenters. The Labute approximate surface area is 98.0 Å². The third-order valence-electron chi connectivity index (χ3n) is 3.75.